The van der Waals surface area contributed by atoms with Crippen molar-refractivity contribution in [2.45, 2.75) is 57.4 Å². The second-order valence-electron chi connectivity index (χ2n) is 5.57. The molecule has 0 atom stereocenters. The van der Waals surface area contributed by atoms with Gasteiger partial charge in [0, 0.05) is 17.8 Å². The fourth-order valence-corrected chi connectivity index (χ4v) is 4.40. The zero-order valence-corrected chi connectivity index (χ0v) is 14.0. The van der Waals surface area contributed by atoms with Gasteiger partial charge in [-0.15, -0.1) is 0 Å². The van der Waals surface area contributed by atoms with E-state index in [1.807, 2.05) is 11.8 Å². The van der Waals surface area contributed by atoms with Crippen molar-refractivity contribution in [3.63, 3.8) is 0 Å². The molecule has 0 amide bonds. The van der Waals surface area contributed by atoms with Gasteiger partial charge in [0.05, 0.1) is 5.69 Å². The lowest BCUT2D eigenvalue weighted by Gasteiger charge is -2.28. The molecule has 1 aliphatic carbocycles. The summed E-state index contributed by atoms with van der Waals surface area (Å²) in [6, 6.07) is 0.529. The summed E-state index contributed by atoms with van der Waals surface area (Å²) in [4.78, 5) is 3.36. The summed E-state index contributed by atoms with van der Waals surface area (Å²) in [7, 11) is 0. The fraction of sp³-hybridized carbons (Fsp3) is 0.714. The van der Waals surface area contributed by atoms with E-state index in [-0.39, 0.29) is 0 Å². The zero-order chi connectivity index (χ0) is 14.3. The fourth-order valence-electron chi connectivity index (χ4n) is 3.32. The molecular formula is C14H22N4S2. The molecule has 0 unspecified atom stereocenters. The van der Waals surface area contributed by atoms with Crippen molar-refractivity contribution in [2.75, 3.05) is 6.26 Å². The van der Waals surface area contributed by atoms with Gasteiger partial charge in [-0.3, -0.25) is 4.57 Å². The quantitative estimate of drug-likeness (QED) is 0.869. The largest absolute Gasteiger partial charge is 0.328 e. The third-order valence-electron chi connectivity index (χ3n) is 4.42. The molecule has 0 radical (unpaired) electrons. The Morgan fingerprint density at radius 1 is 1.35 bits per heavy atom. The van der Waals surface area contributed by atoms with Gasteiger partial charge in [-0.05, 0) is 58.0 Å². The highest BCUT2D eigenvalue weighted by atomic mass is 32.2. The molecule has 20 heavy (non-hydrogen) atoms. The van der Waals surface area contributed by atoms with Crippen LogP contribution in [0.5, 0.6) is 0 Å². The van der Waals surface area contributed by atoms with Crippen LogP contribution in [0.3, 0.4) is 0 Å². The SMILES string of the molecule is CCn1nc(C)c2[nH]c(=S)n(C3CCC(SC)CC3)c21. The van der Waals surface area contributed by atoms with E-state index in [0.717, 1.165) is 27.8 Å². The van der Waals surface area contributed by atoms with Gasteiger partial charge < -0.3 is 4.98 Å². The first kappa shape index (κ1) is 14.2. The average Bonchev–Trinajstić information content (AvgIpc) is 2.96. The third kappa shape index (κ3) is 2.22. The molecule has 1 N–H and O–H groups in total. The van der Waals surface area contributed by atoms with Gasteiger partial charge in [0.15, 0.2) is 10.4 Å². The lowest BCUT2D eigenvalue weighted by Crippen LogP contribution is -2.20. The number of imidazole rings is 1. The number of rotatable bonds is 3. The van der Waals surface area contributed by atoms with Gasteiger partial charge in [-0.1, -0.05) is 0 Å². The molecule has 1 fully saturated rings. The molecule has 2 aromatic heterocycles. The number of hydrogen-bond acceptors (Lipinski definition) is 3. The van der Waals surface area contributed by atoms with Gasteiger partial charge in [0.2, 0.25) is 0 Å². The first-order valence-electron chi connectivity index (χ1n) is 7.36. The number of nitrogens with zero attached hydrogens (tertiary/aromatic N) is 3. The number of H-pyrrole nitrogens is 1. The number of aromatic nitrogens is 4. The van der Waals surface area contributed by atoms with Crippen LogP contribution < -0.4 is 0 Å². The predicted molar refractivity (Wildman–Crippen MR) is 88.1 cm³/mol. The van der Waals surface area contributed by atoms with E-state index in [4.69, 9.17) is 12.2 Å². The Hall–Kier alpha value is -0.750. The van der Waals surface area contributed by atoms with Gasteiger partial charge in [0.25, 0.3) is 0 Å². The van der Waals surface area contributed by atoms with E-state index in [2.05, 4.69) is 39.4 Å². The minimum atomic E-state index is 0.529. The molecule has 0 bridgehead atoms. The molecule has 1 saturated carbocycles. The van der Waals surface area contributed by atoms with Crippen molar-refractivity contribution >= 4 is 35.1 Å². The Labute approximate surface area is 128 Å². The van der Waals surface area contributed by atoms with Crippen LogP contribution in [0.2, 0.25) is 0 Å². The minimum Gasteiger partial charge on any atom is -0.328 e. The molecule has 1 aliphatic rings. The van der Waals surface area contributed by atoms with E-state index in [1.165, 1.54) is 31.3 Å². The molecule has 4 nitrogen and oxygen atoms in total. The molecule has 0 aromatic carbocycles. The number of aromatic amines is 1. The molecule has 0 saturated heterocycles. The van der Waals surface area contributed by atoms with E-state index in [0.29, 0.717) is 6.04 Å². The van der Waals surface area contributed by atoms with Crippen molar-refractivity contribution in [1.82, 2.24) is 19.3 Å². The first-order chi connectivity index (χ1) is 9.65. The van der Waals surface area contributed by atoms with Crippen molar-refractivity contribution in [3.8, 4) is 0 Å². The summed E-state index contributed by atoms with van der Waals surface area (Å²) in [5.74, 6) is 0. The summed E-state index contributed by atoms with van der Waals surface area (Å²) in [6.45, 7) is 5.07. The van der Waals surface area contributed by atoms with Gasteiger partial charge >= 0.3 is 0 Å². The second-order valence-corrected chi connectivity index (χ2v) is 7.09. The summed E-state index contributed by atoms with van der Waals surface area (Å²) in [6.07, 6.45) is 7.25. The summed E-state index contributed by atoms with van der Waals surface area (Å²) < 4.78 is 5.26. The molecule has 3 rings (SSSR count). The van der Waals surface area contributed by atoms with Crippen molar-refractivity contribution < 1.29 is 0 Å². The lowest BCUT2D eigenvalue weighted by molar-refractivity contribution is 0.359. The molecule has 0 spiro atoms. The zero-order valence-electron chi connectivity index (χ0n) is 12.3. The normalized spacial score (nSPS) is 23.6. The lowest BCUT2D eigenvalue weighted by atomic mass is 9.95. The van der Waals surface area contributed by atoms with E-state index in [9.17, 15) is 0 Å². The van der Waals surface area contributed by atoms with Gasteiger partial charge in [0.1, 0.15) is 5.52 Å². The highest BCUT2D eigenvalue weighted by Gasteiger charge is 2.25. The molecule has 110 valence electrons. The van der Waals surface area contributed by atoms with Crippen molar-refractivity contribution in [3.05, 3.63) is 10.5 Å². The molecule has 6 heteroatoms. The van der Waals surface area contributed by atoms with Crippen LogP contribution in [0.25, 0.3) is 11.2 Å². The topological polar surface area (TPSA) is 38.5 Å². The number of aryl methyl sites for hydroxylation is 2. The second kappa shape index (κ2) is 5.56. The number of thioether (sulfide) groups is 1. The van der Waals surface area contributed by atoms with Gasteiger partial charge in [-0.2, -0.15) is 16.9 Å². The molecule has 0 aliphatic heterocycles. The van der Waals surface area contributed by atoms with Crippen LogP contribution in [0, 0.1) is 11.7 Å². The maximum atomic E-state index is 5.57. The Kier molecular flexibility index (Phi) is 3.95. The highest BCUT2D eigenvalue weighted by Crippen LogP contribution is 2.35. The van der Waals surface area contributed by atoms with E-state index >= 15 is 0 Å². The summed E-state index contributed by atoms with van der Waals surface area (Å²) in [5, 5.41) is 5.44. The summed E-state index contributed by atoms with van der Waals surface area (Å²) in [5.41, 5.74) is 3.34. The van der Waals surface area contributed by atoms with Crippen LogP contribution in [-0.2, 0) is 6.54 Å². The number of hydrogen-bond donors (Lipinski definition) is 1. The van der Waals surface area contributed by atoms with E-state index in [1.54, 1.807) is 0 Å². The van der Waals surface area contributed by atoms with Crippen LogP contribution in [0.1, 0.15) is 44.3 Å². The van der Waals surface area contributed by atoms with Crippen LogP contribution in [0.15, 0.2) is 0 Å². The van der Waals surface area contributed by atoms with E-state index < -0.39 is 0 Å². The Balaban J connectivity index is 2.03. The number of nitrogens with one attached hydrogen (secondary N) is 1. The molecule has 2 aromatic rings. The average molecular weight is 310 g/mol. The third-order valence-corrected chi connectivity index (χ3v) is 5.86. The Morgan fingerprint density at radius 2 is 2.05 bits per heavy atom. The monoisotopic (exact) mass is 310 g/mol. The Bertz CT molecular complexity index is 659. The van der Waals surface area contributed by atoms with Gasteiger partial charge in [-0.25, -0.2) is 4.68 Å². The highest BCUT2D eigenvalue weighted by molar-refractivity contribution is 7.99. The minimum absolute atomic E-state index is 0.529. The maximum Gasteiger partial charge on any atom is 0.179 e. The smallest absolute Gasteiger partial charge is 0.179 e. The molecule has 2 heterocycles. The standard InChI is InChI=1S/C14H22N4S2/c1-4-17-13-12(9(2)16-17)15-14(19)18(13)10-5-7-11(20-3)8-6-10/h10-11H,4-8H2,1-3H3,(H,15,19). The Morgan fingerprint density at radius 3 is 2.65 bits per heavy atom. The van der Waals surface area contributed by atoms with Crippen LogP contribution in [-0.4, -0.2) is 30.8 Å². The first-order valence-corrected chi connectivity index (χ1v) is 9.05. The number of fused-ring (bicyclic) bond motifs is 1. The summed E-state index contributed by atoms with van der Waals surface area (Å²) >= 11 is 7.58. The maximum absolute atomic E-state index is 5.57. The van der Waals surface area contributed by atoms with Crippen LogP contribution >= 0.6 is 24.0 Å². The predicted octanol–water partition coefficient (Wildman–Crippen LogP) is 4.07. The van der Waals surface area contributed by atoms with Crippen molar-refractivity contribution in [2.24, 2.45) is 0 Å². The van der Waals surface area contributed by atoms with Crippen molar-refractivity contribution in [1.29, 1.82) is 0 Å². The van der Waals surface area contributed by atoms with Crippen LogP contribution in [0.4, 0.5) is 0 Å². The molecular weight excluding hydrogens is 288 g/mol.